The van der Waals surface area contributed by atoms with Gasteiger partial charge < -0.3 is 5.73 Å². The van der Waals surface area contributed by atoms with E-state index in [2.05, 4.69) is 49.4 Å². The summed E-state index contributed by atoms with van der Waals surface area (Å²) in [6, 6.07) is 15.0. The summed E-state index contributed by atoms with van der Waals surface area (Å²) >= 11 is 0. The van der Waals surface area contributed by atoms with Crippen LogP contribution in [0.1, 0.15) is 24.9 Å². The van der Waals surface area contributed by atoms with Crippen molar-refractivity contribution in [3.63, 3.8) is 0 Å². The van der Waals surface area contributed by atoms with E-state index >= 15 is 0 Å². The second kappa shape index (κ2) is 5.15. The molecule has 80 valence electrons. The molecule has 0 aliphatic rings. The molecule has 2 heteroatoms. The van der Waals surface area contributed by atoms with Gasteiger partial charge in [-0.1, -0.05) is 43.3 Å². The maximum Gasteiger partial charge on any atom is 0.0292 e. The quantitative estimate of drug-likeness (QED) is 0.823. The van der Waals surface area contributed by atoms with Crippen molar-refractivity contribution in [2.45, 2.75) is 19.4 Å². The minimum absolute atomic E-state index is 0. The Hall–Kier alpha value is -1.05. The first kappa shape index (κ1) is 12.0. The van der Waals surface area contributed by atoms with Crippen molar-refractivity contribution in [3.8, 4) is 0 Å². The molecule has 1 atom stereocenters. The predicted molar refractivity (Wildman–Crippen MR) is 68.4 cm³/mol. The highest BCUT2D eigenvalue weighted by atomic mass is 35.5. The molecule has 0 amide bonds. The van der Waals surface area contributed by atoms with E-state index in [0.29, 0.717) is 0 Å². The third-order valence-electron chi connectivity index (χ3n) is 2.64. The molecule has 2 aromatic carbocycles. The third-order valence-corrected chi connectivity index (χ3v) is 2.64. The molecular formula is C13H16ClN. The summed E-state index contributed by atoms with van der Waals surface area (Å²) in [5.41, 5.74) is 7.21. The number of hydrogen-bond acceptors (Lipinski definition) is 1. The topological polar surface area (TPSA) is 26.0 Å². The van der Waals surface area contributed by atoms with Crippen LogP contribution in [0.4, 0.5) is 0 Å². The van der Waals surface area contributed by atoms with Crippen LogP contribution in [-0.4, -0.2) is 0 Å². The van der Waals surface area contributed by atoms with Gasteiger partial charge in [-0.15, -0.1) is 12.4 Å². The van der Waals surface area contributed by atoms with E-state index in [-0.39, 0.29) is 18.4 Å². The van der Waals surface area contributed by atoms with Crippen molar-refractivity contribution >= 4 is 23.2 Å². The van der Waals surface area contributed by atoms with E-state index in [1.165, 1.54) is 16.3 Å². The fourth-order valence-corrected chi connectivity index (χ4v) is 1.67. The normalized spacial score (nSPS) is 12.1. The summed E-state index contributed by atoms with van der Waals surface area (Å²) in [6.07, 6.45) is 0.984. The van der Waals surface area contributed by atoms with Crippen molar-refractivity contribution in [1.29, 1.82) is 0 Å². The predicted octanol–water partition coefficient (Wildman–Crippen LogP) is 3.67. The van der Waals surface area contributed by atoms with E-state index < -0.39 is 0 Å². The Morgan fingerprint density at radius 3 is 2.40 bits per heavy atom. The van der Waals surface area contributed by atoms with Crippen LogP contribution in [0.2, 0.25) is 0 Å². The Bertz CT molecular complexity index is 439. The summed E-state index contributed by atoms with van der Waals surface area (Å²) in [4.78, 5) is 0. The lowest BCUT2D eigenvalue weighted by Gasteiger charge is -2.09. The largest absolute Gasteiger partial charge is 0.324 e. The molecule has 0 bridgehead atoms. The summed E-state index contributed by atoms with van der Waals surface area (Å²) in [7, 11) is 0. The van der Waals surface area contributed by atoms with Crippen LogP contribution in [0.25, 0.3) is 10.8 Å². The molecule has 0 heterocycles. The first-order valence-corrected chi connectivity index (χ1v) is 5.05. The molecule has 2 N–H and O–H groups in total. The molecule has 1 nitrogen and oxygen atoms in total. The fourth-order valence-electron chi connectivity index (χ4n) is 1.67. The molecule has 0 saturated heterocycles. The second-order valence-electron chi connectivity index (χ2n) is 3.62. The van der Waals surface area contributed by atoms with Gasteiger partial charge in [0.05, 0.1) is 0 Å². The van der Waals surface area contributed by atoms with Crippen molar-refractivity contribution in [1.82, 2.24) is 0 Å². The monoisotopic (exact) mass is 221 g/mol. The Morgan fingerprint density at radius 1 is 1.07 bits per heavy atom. The van der Waals surface area contributed by atoms with Crippen molar-refractivity contribution < 1.29 is 0 Å². The highest BCUT2D eigenvalue weighted by Crippen LogP contribution is 2.20. The molecule has 0 saturated carbocycles. The zero-order valence-corrected chi connectivity index (χ0v) is 9.63. The lowest BCUT2D eigenvalue weighted by atomic mass is 10.0. The van der Waals surface area contributed by atoms with Crippen LogP contribution in [0.3, 0.4) is 0 Å². The average molecular weight is 222 g/mol. The first-order chi connectivity index (χ1) is 6.81. The van der Waals surface area contributed by atoms with Gasteiger partial charge in [0.25, 0.3) is 0 Å². The molecule has 0 radical (unpaired) electrons. The van der Waals surface area contributed by atoms with E-state index in [1.807, 2.05) is 0 Å². The highest BCUT2D eigenvalue weighted by molar-refractivity contribution is 5.85. The molecular weight excluding hydrogens is 206 g/mol. The van der Waals surface area contributed by atoms with Crippen LogP contribution in [-0.2, 0) is 0 Å². The van der Waals surface area contributed by atoms with Gasteiger partial charge in [0, 0.05) is 6.04 Å². The summed E-state index contributed by atoms with van der Waals surface area (Å²) < 4.78 is 0. The van der Waals surface area contributed by atoms with Crippen LogP contribution >= 0.6 is 12.4 Å². The molecule has 0 fully saturated rings. The SMILES string of the molecule is CCC(N)c1ccc2ccccc2c1.Cl. The van der Waals surface area contributed by atoms with E-state index in [4.69, 9.17) is 5.73 Å². The van der Waals surface area contributed by atoms with Crippen LogP contribution in [0, 0.1) is 0 Å². The number of benzene rings is 2. The number of nitrogens with two attached hydrogens (primary N) is 1. The van der Waals surface area contributed by atoms with Crippen molar-refractivity contribution in [2.24, 2.45) is 5.73 Å². The Labute approximate surface area is 96.7 Å². The lowest BCUT2D eigenvalue weighted by molar-refractivity contribution is 0.700. The van der Waals surface area contributed by atoms with E-state index in [1.54, 1.807) is 0 Å². The number of hydrogen-bond donors (Lipinski definition) is 1. The smallest absolute Gasteiger partial charge is 0.0292 e. The number of fused-ring (bicyclic) bond motifs is 1. The number of halogens is 1. The van der Waals surface area contributed by atoms with Gasteiger partial charge in [0.15, 0.2) is 0 Å². The molecule has 1 unspecified atom stereocenters. The maximum absolute atomic E-state index is 5.99. The van der Waals surface area contributed by atoms with Gasteiger partial charge in [0.2, 0.25) is 0 Å². The van der Waals surface area contributed by atoms with Gasteiger partial charge in [-0.2, -0.15) is 0 Å². The van der Waals surface area contributed by atoms with Gasteiger partial charge in [0.1, 0.15) is 0 Å². The van der Waals surface area contributed by atoms with E-state index in [0.717, 1.165) is 6.42 Å². The van der Waals surface area contributed by atoms with Gasteiger partial charge in [-0.3, -0.25) is 0 Å². The molecule has 0 aromatic heterocycles. The third kappa shape index (κ3) is 2.49. The van der Waals surface area contributed by atoms with Crippen LogP contribution in [0.5, 0.6) is 0 Å². The van der Waals surface area contributed by atoms with Crippen LogP contribution in [0.15, 0.2) is 42.5 Å². The Morgan fingerprint density at radius 2 is 1.73 bits per heavy atom. The molecule has 2 rings (SSSR count). The molecule has 0 spiro atoms. The highest BCUT2D eigenvalue weighted by Gasteiger charge is 2.02. The minimum atomic E-state index is 0. The first-order valence-electron chi connectivity index (χ1n) is 5.05. The van der Waals surface area contributed by atoms with Gasteiger partial charge in [-0.05, 0) is 28.8 Å². The zero-order valence-electron chi connectivity index (χ0n) is 8.81. The summed E-state index contributed by atoms with van der Waals surface area (Å²) in [5.74, 6) is 0. The number of rotatable bonds is 2. The summed E-state index contributed by atoms with van der Waals surface area (Å²) in [6.45, 7) is 2.11. The van der Waals surface area contributed by atoms with Gasteiger partial charge in [-0.25, -0.2) is 0 Å². The standard InChI is InChI=1S/C13H15N.ClH/c1-2-13(14)12-8-7-10-5-3-4-6-11(10)9-12;/h3-9,13H,2,14H2,1H3;1H. The maximum atomic E-state index is 5.99. The van der Waals surface area contributed by atoms with E-state index in [9.17, 15) is 0 Å². The fraction of sp³-hybridized carbons (Fsp3) is 0.231. The van der Waals surface area contributed by atoms with Crippen molar-refractivity contribution in [2.75, 3.05) is 0 Å². The minimum Gasteiger partial charge on any atom is -0.324 e. The zero-order chi connectivity index (χ0) is 9.97. The van der Waals surface area contributed by atoms with Gasteiger partial charge >= 0.3 is 0 Å². The molecule has 15 heavy (non-hydrogen) atoms. The molecule has 2 aromatic rings. The Balaban J connectivity index is 0.00000112. The summed E-state index contributed by atoms with van der Waals surface area (Å²) in [5, 5.41) is 2.55. The molecule has 0 aliphatic carbocycles. The van der Waals surface area contributed by atoms with Crippen LogP contribution < -0.4 is 5.73 Å². The second-order valence-corrected chi connectivity index (χ2v) is 3.62. The average Bonchev–Trinajstić information content (AvgIpc) is 2.27. The lowest BCUT2D eigenvalue weighted by Crippen LogP contribution is -2.08. The molecule has 0 aliphatic heterocycles. The van der Waals surface area contributed by atoms with Crippen molar-refractivity contribution in [3.05, 3.63) is 48.0 Å². The Kier molecular flexibility index (Phi) is 4.13.